The second-order valence-corrected chi connectivity index (χ2v) is 5.60. The molecule has 2 rings (SSSR count). The molecule has 1 aliphatic heterocycles. The maximum absolute atomic E-state index is 11.4. The Morgan fingerprint density at radius 1 is 1.65 bits per heavy atom. The van der Waals surface area contributed by atoms with Crippen molar-refractivity contribution in [2.24, 2.45) is 0 Å². The molecule has 0 spiro atoms. The first-order chi connectivity index (χ1) is 9.63. The highest BCUT2D eigenvalue weighted by Crippen LogP contribution is 2.25. The van der Waals surface area contributed by atoms with Crippen LogP contribution in [0.15, 0.2) is 11.1 Å². The Balaban J connectivity index is 2.17. The van der Waals surface area contributed by atoms with Crippen molar-refractivity contribution in [2.45, 2.75) is 24.9 Å². The predicted octanol–water partition coefficient (Wildman–Crippen LogP) is 1.60. The molecule has 20 heavy (non-hydrogen) atoms. The lowest BCUT2D eigenvalue weighted by molar-refractivity contribution is -0.139. The van der Waals surface area contributed by atoms with Crippen LogP contribution in [0.5, 0.6) is 0 Å². The average Bonchev–Trinajstić information content (AvgIpc) is 2.44. The Labute approximate surface area is 122 Å². The van der Waals surface area contributed by atoms with E-state index in [2.05, 4.69) is 23.0 Å². The molecule has 1 aliphatic rings. The Kier molecular flexibility index (Phi) is 4.99. The minimum absolute atomic E-state index is 0.189. The second kappa shape index (κ2) is 6.73. The fourth-order valence-electron chi connectivity index (χ4n) is 2.11. The molecule has 0 saturated carbocycles. The number of nitriles is 1. The first-order valence-electron chi connectivity index (χ1n) is 6.54. The van der Waals surface area contributed by atoms with Gasteiger partial charge in [0.1, 0.15) is 11.1 Å². The summed E-state index contributed by atoms with van der Waals surface area (Å²) in [6.07, 6.45) is 0.879. The number of nitrogens with zero attached hydrogens (tertiary/aromatic N) is 3. The van der Waals surface area contributed by atoms with Gasteiger partial charge in [-0.25, -0.2) is 4.98 Å². The molecule has 1 aromatic rings. The van der Waals surface area contributed by atoms with Crippen molar-refractivity contribution in [3.05, 3.63) is 22.9 Å². The van der Waals surface area contributed by atoms with Crippen LogP contribution in [-0.2, 0) is 22.5 Å². The van der Waals surface area contributed by atoms with Gasteiger partial charge in [0.15, 0.2) is 0 Å². The molecule has 6 heteroatoms. The molecule has 0 bridgehead atoms. The molecule has 1 aromatic heterocycles. The summed E-state index contributed by atoms with van der Waals surface area (Å²) in [6, 6.07) is 4.06. The predicted molar refractivity (Wildman–Crippen MR) is 76.3 cm³/mol. The number of rotatable bonds is 4. The summed E-state index contributed by atoms with van der Waals surface area (Å²) in [4.78, 5) is 18.1. The molecular formula is C14H17N3O2S. The standard InChI is InChI=1S/C14H17N3O2S/c1-3-19-13(18)9-20-14-10(7-15)6-11-8-17(2)5-4-12(11)16-14/h6H,3-5,8-9H2,1-2H3. The van der Waals surface area contributed by atoms with Crippen molar-refractivity contribution in [1.82, 2.24) is 9.88 Å². The summed E-state index contributed by atoms with van der Waals surface area (Å²) >= 11 is 1.27. The first-order valence-corrected chi connectivity index (χ1v) is 7.52. The van der Waals surface area contributed by atoms with E-state index in [4.69, 9.17) is 4.74 Å². The van der Waals surface area contributed by atoms with Crippen LogP contribution in [0, 0.1) is 11.3 Å². The van der Waals surface area contributed by atoms with Gasteiger partial charge in [0.25, 0.3) is 0 Å². The molecular weight excluding hydrogens is 274 g/mol. The fourth-order valence-corrected chi connectivity index (χ4v) is 2.89. The molecule has 5 nitrogen and oxygen atoms in total. The largest absolute Gasteiger partial charge is 0.465 e. The maximum atomic E-state index is 11.4. The van der Waals surface area contributed by atoms with Gasteiger partial charge >= 0.3 is 5.97 Å². The highest BCUT2D eigenvalue weighted by atomic mass is 32.2. The van der Waals surface area contributed by atoms with Gasteiger partial charge in [-0.15, -0.1) is 0 Å². The zero-order valence-corrected chi connectivity index (χ0v) is 12.5. The molecule has 0 fully saturated rings. The quantitative estimate of drug-likeness (QED) is 0.620. The van der Waals surface area contributed by atoms with E-state index in [0.717, 1.165) is 30.8 Å². The number of ether oxygens (including phenoxy) is 1. The normalized spacial score (nSPS) is 14.4. The lowest BCUT2D eigenvalue weighted by atomic mass is 10.0. The summed E-state index contributed by atoms with van der Waals surface area (Å²) in [5.41, 5.74) is 2.68. The van der Waals surface area contributed by atoms with Gasteiger partial charge in [-0.1, -0.05) is 11.8 Å². The number of carbonyl (C=O) groups excluding carboxylic acids is 1. The minimum atomic E-state index is -0.277. The summed E-state index contributed by atoms with van der Waals surface area (Å²) in [7, 11) is 2.05. The Bertz CT molecular complexity index is 554. The maximum Gasteiger partial charge on any atom is 0.316 e. The van der Waals surface area contributed by atoms with Gasteiger partial charge in [-0.3, -0.25) is 4.79 Å². The van der Waals surface area contributed by atoms with E-state index in [1.54, 1.807) is 6.92 Å². The Hall–Kier alpha value is -1.58. The van der Waals surface area contributed by atoms with Gasteiger partial charge in [0.2, 0.25) is 0 Å². The zero-order chi connectivity index (χ0) is 14.5. The number of pyridine rings is 1. The van der Waals surface area contributed by atoms with Crippen molar-refractivity contribution < 1.29 is 9.53 Å². The van der Waals surface area contributed by atoms with Gasteiger partial charge < -0.3 is 9.64 Å². The van der Waals surface area contributed by atoms with Crippen LogP contribution in [0.4, 0.5) is 0 Å². The third-order valence-corrected chi connectivity index (χ3v) is 4.04. The highest BCUT2D eigenvalue weighted by molar-refractivity contribution is 7.99. The van der Waals surface area contributed by atoms with Crippen LogP contribution in [0.1, 0.15) is 23.7 Å². The molecule has 0 aromatic carbocycles. The molecule has 0 radical (unpaired) electrons. The molecule has 0 atom stereocenters. The fraction of sp³-hybridized carbons (Fsp3) is 0.500. The summed E-state index contributed by atoms with van der Waals surface area (Å²) in [6.45, 7) is 3.93. The lowest BCUT2D eigenvalue weighted by Crippen LogP contribution is -2.27. The molecule has 2 heterocycles. The van der Waals surface area contributed by atoms with E-state index in [1.807, 2.05) is 6.07 Å². The molecule has 0 aliphatic carbocycles. The number of carbonyl (C=O) groups is 1. The van der Waals surface area contributed by atoms with E-state index in [9.17, 15) is 10.1 Å². The van der Waals surface area contributed by atoms with E-state index in [0.29, 0.717) is 17.2 Å². The topological polar surface area (TPSA) is 66.2 Å². The first kappa shape index (κ1) is 14.8. The molecule has 106 valence electrons. The van der Waals surface area contributed by atoms with Crippen LogP contribution in [-0.4, -0.2) is 41.8 Å². The Morgan fingerprint density at radius 2 is 2.45 bits per heavy atom. The van der Waals surface area contributed by atoms with Crippen molar-refractivity contribution in [3.63, 3.8) is 0 Å². The third kappa shape index (κ3) is 3.50. The third-order valence-electron chi connectivity index (χ3n) is 3.08. The number of likely N-dealkylation sites (N-methyl/N-ethyl adjacent to an activating group) is 1. The summed E-state index contributed by atoms with van der Waals surface area (Å²) < 4.78 is 4.89. The van der Waals surface area contributed by atoms with Crippen molar-refractivity contribution >= 4 is 17.7 Å². The second-order valence-electron chi connectivity index (χ2n) is 4.64. The zero-order valence-electron chi connectivity index (χ0n) is 11.7. The molecule has 0 amide bonds. The van der Waals surface area contributed by atoms with Crippen molar-refractivity contribution in [3.8, 4) is 6.07 Å². The summed E-state index contributed by atoms with van der Waals surface area (Å²) in [5, 5.41) is 9.85. The van der Waals surface area contributed by atoms with Crippen LogP contribution >= 0.6 is 11.8 Å². The minimum Gasteiger partial charge on any atom is -0.465 e. The molecule has 0 saturated heterocycles. The van der Waals surface area contributed by atoms with E-state index in [1.165, 1.54) is 11.8 Å². The molecule has 0 N–H and O–H groups in total. The monoisotopic (exact) mass is 291 g/mol. The van der Waals surface area contributed by atoms with E-state index < -0.39 is 0 Å². The number of fused-ring (bicyclic) bond motifs is 1. The smallest absolute Gasteiger partial charge is 0.316 e. The number of thioether (sulfide) groups is 1. The van der Waals surface area contributed by atoms with E-state index >= 15 is 0 Å². The van der Waals surface area contributed by atoms with Crippen LogP contribution in [0.2, 0.25) is 0 Å². The molecule has 0 unspecified atom stereocenters. The van der Waals surface area contributed by atoms with Gasteiger partial charge in [-0.2, -0.15) is 5.26 Å². The lowest BCUT2D eigenvalue weighted by Gasteiger charge is -2.24. The highest BCUT2D eigenvalue weighted by Gasteiger charge is 2.18. The van der Waals surface area contributed by atoms with Gasteiger partial charge in [-0.05, 0) is 25.6 Å². The van der Waals surface area contributed by atoms with Crippen molar-refractivity contribution in [2.75, 3.05) is 26.0 Å². The average molecular weight is 291 g/mol. The van der Waals surface area contributed by atoms with Crippen LogP contribution < -0.4 is 0 Å². The van der Waals surface area contributed by atoms with Crippen LogP contribution in [0.25, 0.3) is 0 Å². The SMILES string of the molecule is CCOC(=O)CSc1nc2c(cc1C#N)CN(C)CC2. The number of esters is 1. The van der Waals surface area contributed by atoms with Crippen molar-refractivity contribution in [1.29, 1.82) is 5.26 Å². The van der Waals surface area contributed by atoms with Gasteiger partial charge in [0.05, 0.1) is 17.9 Å². The number of hydrogen-bond acceptors (Lipinski definition) is 6. The number of aromatic nitrogens is 1. The van der Waals surface area contributed by atoms with Gasteiger partial charge in [0, 0.05) is 25.2 Å². The van der Waals surface area contributed by atoms with Crippen LogP contribution in [0.3, 0.4) is 0 Å². The number of hydrogen-bond donors (Lipinski definition) is 0. The summed E-state index contributed by atoms with van der Waals surface area (Å²) in [5.74, 6) is -0.0885. The van der Waals surface area contributed by atoms with E-state index in [-0.39, 0.29) is 11.7 Å². The Morgan fingerprint density at radius 3 is 3.15 bits per heavy atom.